The van der Waals surface area contributed by atoms with Crippen LogP contribution in [0, 0.1) is 5.92 Å². The minimum Gasteiger partial charge on any atom is -0.503 e. The lowest BCUT2D eigenvalue weighted by Crippen LogP contribution is -2.30. The molecule has 1 aliphatic heterocycles. The van der Waals surface area contributed by atoms with Crippen LogP contribution in [0.15, 0.2) is 88.5 Å². The predicted molar refractivity (Wildman–Crippen MR) is 159 cm³/mol. The fraction of sp³-hybridized carbons (Fsp3) is 0.294. The predicted octanol–water partition coefficient (Wildman–Crippen LogP) is 7.04. The molecule has 8 heteroatoms. The highest BCUT2D eigenvalue weighted by molar-refractivity contribution is 6.16. The molecule has 0 radical (unpaired) electrons. The molecule has 0 fully saturated rings. The van der Waals surface area contributed by atoms with E-state index in [1.807, 2.05) is 37.3 Å². The zero-order chi connectivity index (χ0) is 29.8. The molecule has 1 aliphatic rings. The fourth-order valence-electron chi connectivity index (χ4n) is 5.10. The number of para-hydroxylation sites is 1. The molecule has 218 valence electrons. The van der Waals surface area contributed by atoms with Crippen LogP contribution < -0.4 is 14.2 Å². The van der Waals surface area contributed by atoms with Gasteiger partial charge in [0.1, 0.15) is 0 Å². The number of carbonyl (C=O) groups is 2. The second-order valence-corrected chi connectivity index (χ2v) is 10.6. The summed E-state index contributed by atoms with van der Waals surface area (Å²) in [6, 6.07) is 20.8. The lowest BCUT2D eigenvalue weighted by atomic mass is 9.94. The zero-order valence-corrected chi connectivity index (χ0v) is 24.3. The number of aliphatic hydroxyl groups is 1. The number of carbonyl (C=O) groups excluding carboxylic acids is 2. The van der Waals surface area contributed by atoms with Gasteiger partial charge in [-0.15, -0.1) is 0 Å². The highest BCUT2D eigenvalue weighted by atomic mass is 16.5. The van der Waals surface area contributed by atoms with Crippen molar-refractivity contribution in [2.75, 3.05) is 20.3 Å². The summed E-state index contributed by atoms with van der Waals surface area (Å²) >= 11 is 0. The van der Waals surface area contributed by atoms with Crippen molar-refractivity contribution in [2.24, 2.45) is 5.92 Å². The van der Waals surface area contributed by atoms with Gasteiger partial charge in [0.2, 0.25) is 5.78 Å². The number of hydrogen-bond donors (Lipinski definition) is 1. The second-order valence-electron chi connectivity index (χ2n) is 10.6. The monoisotopic (exact) mass is 569 g/mol. The zero-order valence-electron chi connectivity index (χ0n) is 24.3. The van der Waals surface area contributed by atoms with E-state index in [9.17, 15) is 14.7 Å². The molecule has 1 unspecified atom stereocenters. The van der Waals surface area contributed by atoms with E-state index in [0.29, 0.717) is 52.9 Å². The molecule has 3 aromatic carbocycles. The van der Waals surface area contributed by atoms with Crippen LogP contribution in [-0.2, 0) is 11.3 Å². The Morgan fingerprint density at radius 3 is 2.48 bits per heavy atom. The van der Waals surface area contributed by atoms with E-state index in [2.05, 4.69) is 13.8 Å². The van der Waals surface area contributed by atoms with Gasteiger partial charge in [-0.1, -0.05) is 62.4 Å². The number of nitrogens with zero attached hydrogens (tertiary/aromatic N) is 1. The number of ether oxygens (including phenoxy) is 3. The van der Waals surface area contributed by atoms with E-state index in [1.54, 1.807) is 42.5 Å². The Hall–Kier alpha value is -4.72. The highest BCUT2D eigenvalue weighted by Crippen LogP contribution is 2.43. The van der Waals surface area contributed by atoms with Crippen molar-refractivity contribution in [2.45, 2.75) is 39.8 Å². The maximum absolute atomic E-state index is 14.0. The van der Waals surface area contributed by atoms with Crippen molar-refractivity contribution in [3.8, 4) is 17.2 Å². The van der Waals surface area contributed by atoms with Crippen LogP contribution in [0.5, 0.6) is 17.2 Å². The van der Waals surface area contributed by atoms with Crippen LogP contribution in [-0.4, -0.2) is 42.0 Å². The molecule has 0 saturated heterocycles. The molecule has 4 aromatic rings. The number of methoxy groups -OCH3 is 1. The number of rotatable bonds is 12. The maximum Gasteiger partial charge on any atom is 0.290 e. The Bertz CT molecular complexity index is 1620. The lowest BCUT2D eigenvalue weighted by Gasteiger charge is -2.27. The van der Waals surface area contributed by atoms with E-state index < -0.39 is 23.5 Å². The number of amides is 1. The summed E-state index contributed by atoms with van der Waals surface area (Å²) < 4.78 is 23.3. The smallest absolute Gasteiger partial charge is 0.290 e. The maximum atomic E-state index is 14.0. The van der Waals surface area contributed by atoms with Crippen LogP contribution in [0.1, 0.15) is 54.9 Å². The van der Waals surface area contributed by atoms with Gasteiger partial charge in [0, 0.05) is 11.9 Å². The molecular weight excluding hydrogens is 534 g/mol. The van der Waals surface area contributed by atoms with Crippen molar-refractivity contribution in [3.05, 3.63) is 101 Å². The molecule has 1 aromatic heterocycles. The van der Waals surface area contributed by atoms with Gasteiger partial charge in [-0.05, 0) is 54.7 Å². The molecule has 5 rings (SSSR count). The van der Waals surface area contributed by atoms with Gasteiger partial charge in [0.15, 0.2) is 34.4 Å². The number of Topliss-reactive ketones (excluding diaryl/α,β-unsaturated/α-hetero) is 1. The van der Waals surface area contributed by atoms with Gasteiger partial charge in [0.25, 0.3) is 5.91 Å². The molecule has 1 atom stereocenters. The summed E-state index contributed by atoms with van der Waals surface area (Å²) in [6.07, 6.45) is 0.882. The minimum atomic E-state index is -0.899. The largest absolute Gasteiger partial charge is 0.503 e. The topological polar surface area (TPSA) is 98.4 Å². The molecule has 8 nitrogen and oxygen atoms in total. The molecule has 0 saturated carbocycles. The van der Waals surface area contributed by atoms with Gasteiger partial charge in [-0.2, -0.15) is 0 Å². The number of aliphatic hydroxyl groups excluding tert-OH is 1. The summed E-state index contributed by atoms with van der Waals surface area (Å²) in [4.78, 5) is 29.1. The molecule has 0 bridgehead atoms. The van der Waals surface area contributed by atoms with E-state index in [0.717, 1.165) is 12.0 Å². The SMILES string of the molecule is CCOc1cc(C2C(C(=O)c3cc4cccc(OC)c4o3)=C(O)C(=O)N2Cc2ccccc2)ccc1OCCC(C)C. The first-order valence-electron chi connectivity index (χ1n) is 14.1. The number of ketones is 1. The van der Waals surface area contributed by atoms with E-state index >= 15 is 0 Å². The van der Waals surface area contributed by atoms with Gasteiger partial charge < -0.3 is 28.6 Å². The summed E-state index contributed by atoms with van der Waals surface area (Å²) in [5.41, 5.74) is 1.79. The Morgan fingerprint density at radius 1 is 0.976 bits per heavy atom. The van der Waals surface area contributed by atoms with Crippen LogP contribution in [0.25, 0.3) is 11.0 Å². The average molecular weight is 570 g/mol. The molecule has 2 heterocycles. The van der Waals surface area contributed by atoms with Crippen molar-refractivity contribution < 1.29 is 33.3 Å². The van der Waals surface area contributed by atoms with Crippen LogP contribution in [0.3, 0.4) is 0 Å². The Kier molecular flexibility index (Phi) is 8.52. The van der Waals surface area contributed by atoms with Crippen molar-refractivity contribution in [1.82, 2.24) is 4.90 Å². The summed E-state index contributed by atoms with van der Waals surface area (Å²) in [7, 11) is 1.52. The summed E-state index contributed by atoms with van der Waals surface area (Å²) in [6.45, 7) is 7.24. The minimum absolute atomic E-state index is 0.00548. The van der Waals surface area contributed by atoms with Crippen molar-refractivity contribution in [3.63, 3.8) is 0 Å². The third-order valence-electron chi connectivity index (χ3n) is 7.23. The van der Waals surface area contributed by atoms with Crippen LogP contribution >= 0.6 is 0 Å². The number of fused-ring (bicyclic) bond motifs is 1. The number of furan rings is 1. The first-order valence-corrected chi connectivity index (χ1v) is 14.1. The quantitative estimate of drug-likeness (QED) is 0.183. The first-order chi connectivity index (χ1) is 20.3. The first kappa shape index (κ1) is 28.8. The highest BCUT2D eigenvalue weighted by Gasteiger charge is 2.45. The van der Waals surface area contributed by atoms with Crippen LogP contribution in [0.2, 0.25) is 0 Å². The van der Waals surface area contributed by atoms with E-state index in [4.69, 9.17) is 18.6 Å². The molecule has 1 N–H and O–H groups in total. The third kappa shape index (κ3) is 5.70. The van der Waals surface area contributed by atoms with Crippen molar-refractivity contribution >= 4 is 22.7 Å². The Labute approximate surface area is 245 Å². The summed E-state index contributed by atoms with van der Waals surface area (Å²) in [5.74, 6) is 0.187. The lowest BCUT2D eigenvalue weighted by molar-refractivity contribution is -0.130. The van der Waals surface area contributed by atoms with Crippen LogP contribution in [0.4, 0.5) is 0 Å². The number of benzene rings is 3. The molecule has 1 amide bonds. The third-order valence-corrected chi connectivity index (χ3v) is 7.23. The average Bonchev–Trinajstić information content (AvgIpc) is 3.53. The standard InChI is InChI=1S/C34H35NO7/c1-5-40-27-18-23(14-15-25(27)41-17-16-21(2)3)30-29(32(37)34(38)35(30)20-22-10-7-6-8-11-22)31(36)28-19-24-12-9-13-26(39-4)33(24)42-28/h6-15,18-19,21,30,37H,5,16-17,20H2,1-4H3. The fourth-order valence-corrected chi connectivity index (χ4v) is 5.10. The van der Waals surface area contributed by atoms with Crippen molar-refractivity contribution in [1.29, 1.82) is 0 Å². The second kappa shape index (κ2) is 12.4. The van der Waals surface area contributed by atoms with Gasteiger partial charge in [0.05, 0.1) is 31.9 Å². The Balaban J connectivity index is 1.58. The molecule has 42 heavy (non-hydrogen) atoms. The van der Waals surface area contributed by atoms with E-state index in [1.165, 1.54) is 12.0 Å². The van der Waals surface area contributed by atoms with Gasteiger partial charge in [-0.25, -0.2) is 0 Å². The van der Waals surface area contributed by atoms with Gasteiger partial charge >= 0.3 is 0 Å². The molecular formula is C34H35NO7. The Morgan fingerprint density at radius 2 is 1.76 bits per heavy atom. The molecule has 0 spiro atoms. The molecule has 0 aliphatic carbocycles. The van der Waals surface area contributed by atoms with E-state index in [-0.39, 0.29) is 17.9 Å². The van der Waals surface area contributed by atoms with Gasteiger partial charge in [-0.3, -0.25) is 9.59 Å². The number of hydrogen-bond acceptors (Lipinski definition) is 7. The summed E-state index contributed by atoms with van der Waals surface area (Å²) in [5, 5.41) is 11.9. The normalized spacial score (nSPS) is 15.1.